The van der Waals surface area contributed by atoms with Crippen LogP contribution in [-0.2, 0) is 17.8 Å². The molecule has 0 spiro atoms. The SMILES string of the molecule is O=C(Cc1ccsc1)NCc1ccc(-c2nc(C(=O)N3CCC[C@@H](O)C3)co2)cc1. The predicted octanol–water partition coefficient (Wildman–Crippen LogP) is 2.86. The molecule has 0 radical (unpaired) electrons. The van der Waals surface area contributed by atoms with Gasteiger partial charge in [0.25, 0.3) is 5.91 Å². The van der Waals surface area contributed by atoms with Gasteiger partial charge in [0.05, 0.1) is 12.5 Å². The number of aliphatic hydroxyl groups is 1. The molecule has 3 heterocycles. The van der Waals surface area contributed by atoms with E-state index in [1.54, 1.807) is 16.2 Å². The van der Waals surface area contributed by atoms with Gasteiger partial charge < -0.3 is 19.7 Å². The third-order valence-electron chi connectivity index (χ3n) is 5.04. The summed E-state index contributed by atoms with van der Waals surface area (Å²) in [5, 5.41) is 16.6. The Hall–Kier alpha value is -2.97. The molecule has 1 atom stereocenters. The molecule has 8 heteroatoms. The molecule has 2 amide bonds. The minimum Gasteiger partial charge on any atom is -0.444 e. The Kier molecular flexibility index (Phi) is 6.25. The van der Waals surface area contributed by atoms with E-state index in [0.29, 0.717) is 38.4 Å². The topological polar surface area (TPSA) is 95.7 Å². The van der Waals surface area contributed by atoms with Crippen LogP contribution in [0, 0.1) is 0 Å². The number of piperidine rings is 1. The quantitative estimate of drug-likeness (QED) is 0.633. The first-order chi connectivity index (χ1) is 14.6. The zero-order valence-electron chi connectivity index (χ0n) is 16.4. The van der Waals surface area contributed by atoms with E-state index in [1.807, 2.05) is 41.1 Å². The molecule has 2 N–H and O–H groups in total. The summed E-state index contributed by atoms with van der Waals surface area (Å²) in [7, 11) is 0. The number of aromatic nitrogens is 1. The number of rotatable bonds is 6. The van der Waals surface area contributed by atoms with E-state index in [9.17, 15) is 14.7 Å². The van der Waals surface area contributed by atoms with E-state index in [2.05, 4.69) is 10.3 Å². The van der Waals surface area contributed by atoms with Crippen molar-refractivity contribution in [2.45, 2.75) is 31.9 Å². The van der Waals surface area contributed by atoms with Crippen LogP contribution < -0.4 is 5.32 Å². The molecule has 0 bridgehead atoms. The molecule has 1 saturated heterocycles. The lowest BCUT2D eigenvalue weighted by atomic mass is 10.1. The minimum atomic E-state index is -0.479. The predicted molar refractivity (Wildman–Crippen MR) is 113 cm³/mol. The molecule has 30 heavy (non-hydrogen) atoms. The number of carbonyl (C=O) groups excluding carboxylic acids is 2. The van der Waals surface area contributed by atoms with Gasteiger partial charge >= 0.3 is 0 Å². The standard InChI is InChI=1S/C22H23N3O4S/c26-18-2-1-8-25(12-18)22(28)19-13-29-21(24-19)17-5-3-15(4-6-17)11-23-20(27)10-16-7-9-30-14-16/h3-7,9,13-14,18,26H,1-2,8,10-12H2,(H,23,27)/t18-/m1/s1. The maximum atomic E-state index is 12.6. The van der Waals surface area contributed by atoms with Gasteiger partial charge in [0.2, 0.25) is 11.8 Å². The number of likely N-dealkylation sites (tertiary alicyclic amines) is 1. The second-order valence-corrected chi connectivity index (χ2v) is 8.15. The molecular formula is C22H23N3O4S. The number of amides is 2. The van der Waals surface area contributed by atoms with Crippen LogP contribution in [0.3, 0.4) is 0 Å². The number of hydrogen-bond acceptors (Lipinski definition) is 6. The van der Waals surface area contributed by atoms with E-state index in [0.717, 1.165) is 23.1 Å². The minimum absolute atomic E-state index is 0.0174. The Morgan fingerprint density at radius 2 is 2.07 bits per heavy atom. The molecule has 4 rings (SSSR count). The number of β-amino-alcohol motifs (C(OH)–C–C–N with tert-alkyl or cyclic N) is 1. The van der Waals surface area contributed by atoms with E-state index in [-0.39, 0.29) is 17.5 Å². The maximum Gasteiger partial charge on any atom is 0.275 e. The lowest BCUT2D eigenvalue weighted by Crippen LogP contribution is -2.42. The van der Waals surface area contributed by atoms with Gasteiger partial charge in [-0.1, -0.05) is 12.1 Å². The monoisotopic (exact) mass is 425 g/mol. The van der Waals surface area contributed by atoms with Crippen molar-refractivity contribution in [3.8, 4) is 11.5 Å². The fourth-order valence-corrected chi connectivity index (χ4v) is 4.08. The smallest absolute Gasteiger partial charge is 0.275 e. The third-order valence-corrected chi connectivity index (χ3v) is 5.77. The van der Waals surface area contributed by atoms with Crippen LogP contribution >= 0.6 is 11.3 Å². The Labute approximate surface area is 178 Å². The molecule has 1 fully saturated rings. The number of nitrogens with zero attached hydrogens (tertiary/aromatic N) is 2. The number of thiophene rings is 1. The van der Waals surface area contributed by atoms with Gasteiger partial charge in [-0.05, 0) is 52.9 Å². The summed E-state index contributed by atoms with van der Waals surface area (Å²) in [4.78, 5) is 30.5. The maximum absolute atomic E-state index is 12.6. The number of benzene rings is 1. The Morgan fingerprint density at radius 1 is 1.23 bits per heavy atom. The van der Waals surface area contributed by atoms with Crippen molar-refractivity contribution in [2.24, 2.45) is 0 Å². The summed E-state index contributed by atoms with van der Waals surface area (Å²) >= 11 is 1.58. The van der Waals surface area contributed by atoms with Gasteiger partial charge in [-0.2, -0.15) is 11.3 Å². The average molecular weight is 426 g/mol. The van der Waals surface area contributed by atoms with Gasteiger partial charge in [0, 0.05) is 25.2 Å². The van der Waals surface area contributed by atoms with Crippen LogP contribution in [-0.4, -0.2) is 46.0 Å². The van der Waals surface area contributed by atoms with Gasteiger partial charge in [0.15, 0.2) is 5.69 Å². The molecule has 2 aromatic heterocycles. The molecule has 156 valence electrons. The molecular weight excluding hydrogens is 402 g/mol. The molecule has 0 unspecified atom stereocenters. The highest BCUT2D eigenvalue weighted by Crippen LogP contribution is 2.21. The van der Waals surface area contributed by atoms with Crippen LogP contribution in [0.2, 0.25) is 0 Å². The highest BCUT2D eigenvalue weighted by Gasteiger charge is 2.25. The van der Waals surface area contributed by atoms with E-state index < -0.39 is 6.10 Å². The summed E-state index contributed by atoms with van der Waals surface area (Å²) < 4.78 is 5.50. The second-order valence-electron chi connectivity index (χ2n) is 7.37. The van der Waals surface area contributed by atoms with Crippen molar-refractivity contribution in [3.05, 3.63) is 64.2 Å². The number of aliphatic hydroxyl groups excluding tert-OH is 1. The van der Waals surface area contributed by atoms with Crippen LogP contribution in [0.15, 0.2) is 51.8 Å². The fraction of sp³-hybridized carbons (Fsp3) is 0.318. The van der Waals surface area contributed by atoms with Crippen LogP contribution in [0.4, 0.5) is 0 Å². The summed E-state index contributed by atoms with van der Waals surface area (Å²) in [5.41, 5.74) is 2.97. The second kappa shape index (κ2) is 9.23. The van der Waals surface area contributed by atoms with E-state index >= 15 is 0 Å². The highest BCUT2D eigenvalue weighted by molar-refractivity contribution is 7.08. The van der Waals surface area contributed by atoms with Gasteiger partial charge in [-0.15, -0.1) is 0 Å². The summed E-state index contributed by atoms with van der Waals surface area (Å²) in [6, 6.07) is 9.44. The van der Waals surface area contributed by atoms with Crippen LogP contribution in [0.5, 0.6) is 0 Å². The van der Waals surface area contributed by atoms with Crippen molar-refractivity contribution in [2.75, 3.05) is 13.1 Å². The first-order valence-corrected chi connectivity index (χ1v) is 10.8. The zero-order chi connectivity index (χ0) is 20.9. The number of nitrogens with one attached hydrogen (secondary N) is 1. The van der Waals surface area contributed by atoms with E-state index in [1.165, 1.54) is 6.26 Å². The lowest BCUT2D eigenvalue weighted by Gasteiger charge is -2.29. The number of hydrogen-bond donors (Lipinski definition) is 2. The molecule has 1 aliphatic rings. The molecule has 7 nitrogen and oxygen atoms in total. The first-order valence-electron chi connectivity index (χ1n) is 9.88. The largest absolute Gasteiger partial charge is 0.444 e. The van der Waals surface area contributed by atoms with Crippen LogP contribution in [0.25, 0.3) is 11.5 Å². The van der Waals surface area contributed by atoms with E-state index in [4.69, 9.17) is 4.42 Å². The first kappa shape index (κ1) is 20.3. The zero-order valence-corrected chi connectivity index (χ0v) is 17.2. The molecule has 0 saturated carbocycles. The Balaban J connectivity index is 1.34. The third kappa shape index (κ3) is 4.95. The highest BCUT2D eigenvalue weighted by atomic mass is 32.1. The van der Waals surface area contributed by atoms with Crippen molar-refractivity contribution >= 4 is 23.2 Å². The summed E-state index contributed by atoms with van der Waals surface area (Å²) in [5.74, 6) is 0.119. The number of carbonyl (C=O) groups is 2. The molecule has 1 aromatic carbocycles. The molecule has 3 aromatic rings. The summed E-state index contributed by atoms with van der Waals surface area (Å²) in [6.45, 7) is 1.38. The number of oxazole rings is 1. The van der Waals surface area contributed by atoms with Gasteiger partial charge in [-0.25, -0.2) is 4.98 Å². The summed E-state index contributed by atoms with van der Waals surface area (Å²) in [6.07, 6.45) is 2.75. The fourth-order valence-electron chi connectivity index (χ4n) is 3.41. The van der Waals surface area contributed by atoms with Crippen molar-refractivity contribution < 1.29 is 19.1 Å². The average Bonchev–Trinajstić information content (AvgIpc) is 3.44. The van der Waals surface area contributed by atoms with Crippen molar-refractivity contribution in [1.29, 1.82) is 0 Å². The lowest BCUT2D eigenvalue weighted by molar-refractivity contribution is -0.120. The normalized spacial score (nSPS) is 16.4. The molecule has 1 aliphatic heterocycles. The van der Waals surface area contributed by atoms with Gasteiger partial charge in [-0.3, -0.25) is 9.59 Å². The van der Waals surface area contributed by atoms with Crippen molar-refractivity contribution in [1.82, 2.24) is 15.2 Å². The van der Waals surface area contributed by atoms with Gasteiger partial charge in [0.1, 0.15) is 6.26 Å². The van der Waals surface area contributed by atoms with Crippen molar-refractivity contribution in [3.63, 3.8) is 0 Å². The van der Waals surface area contributed by atoms with Crippen LogP contribution in [0.1, 0.15) is 34.5 Å². The Morgan fingerprint density at radius 3 is 2.80 bits per heavy atom. The molecule has 0 aliphatic carbocycles. The Bertz CT molecular complexity index is 998.